The first-order valence-electron chi connectivity index (χ1n) is 11.2. The van der Waals surface area contributed by atoms with Crippen LogP contribution in [0.2, 0.25) is 0 Å². The monoisotopic (exact) mass is 412 g/mol. The molecule has 4 rings (SSSR count). The van der Waals surface area contributed by atoms with Crippen LogP contribution in [0, 0.1) is 12.8 Å². The highest BCUT2D eigenvalue weighted by Gasteiger charge is 2.30. The molecule has 30 heavy (non-hydrogen) atoms. The van der Waals surface area contributed by atoms with Crippen molar-refractivity contribution in [1.29, 1.82) is 0 Å². The number of rotatable bonds is 5. The molecule has 0 aromatic carbocycles. The highest BCUT2D eigenvalue weighted by atomic mass is 16.5. The van der Waals surface area contributed by atoms with E-state index in [9.17, 15) is 9.59 Å². The molecule has 2 aliphatic rings. The molecule has 4 heterocycles. The number of piperidine rings is 2. The molecule has 0 spiro atoms. The van der Waals surface area contributed by atoms with E-state index in [0.717, 1.165) is 62.2 Å². The topological polar surface area (TPSA) is 67.2 Å². The van der Waals surface area contributed by atoms with E-state index < -0.39 is 0 Å². The number of aromatic nitrogens is 2. The molecule has 0 saturated carbocycles. The number of pyridine rings is 1. The number of carbonyl (C=O) groups excluding carboxylic acids is 2. The summed E-state index contributed by atoms with van der Waals surface area (Å²) < 4.78 is 7.30. The number of hydrogen-bond acceptors (Lipinski definition) is 5. The molecular weight excluding hydrogens is 380 g/mol. The lowest BCUT2D eigenvalue weighted by Gasteiger charge is -2.31. The van der Waals surface area contributed by atoms with E-state index in [1.165, 1.54) is 6.42 Å². The van der Waals surface area contributed by atoms with Crippen LogP contribution in [0.15, 0.2) is 18.3 Å². The Hall–Kier alpha value is -2.41. The molecule has 2 fully saturated rings. The van der Waals surface area contributed by atoms with Crippen LogP contribution in [0.3, 0.4) is 0 Å². The highest BCUT2D eigenvalue weighted by Crippen LogP contribution is 2.24. The van der Waals surface area contributed by atoms with E-state index in [-0.39, 0.29) is 17.8 Å². The third-order valence-electron chi connectivity index (χ3n) is 6.29. The Kier molecular flexibility index (Phi) is 6.37. The lowest BCUT2D eigenvalue weighted by atomic mass is 9.98. The summed E-state index contributed by atoms with van der Waals surface area (Å²) in [7, 11) is 0. The number of carbonyl (C=O) groups is 2. The number of likely N-dealkylation sites (tertiary alicyclic amines) is 2. The van der Waals surface area contributed by atoms with Crippen molar-refractivity contribution in [1.82, 2.24) is 19.2 Å². The highest BCUT2D eigenvalue weighted by molar-refractivity contribution is 5.94. The van der Waals surface area contributed by atoms with E-state index >= 15 is 0 Å². The number of nitrogens with zero attached hydrogens (tertiary/aromatic N) is 4. The maximum atomic E-state index is 13.4. The van der Waals surface area contributed by atoms with Crippen molar-refractivity contribution in [3.05, 3.63) is 35.3 Å². The molecule has 0 radical (unpaired) electrons. The second-order valence-electron chi connectivity index (χ2n) is 8.47. The van der Waals surface area contributed by atoms with Gasteiger partial charge in [0.2, 0.25) is 0 Å². The first-order chi connectivity index (χ1) is 14.6. The maximum absolute atomic E-state index is 13.4. The van der Waals surface area contributed by atoms with Crippen molar-refractivity contribution >= 4 is 17.5 Å². The summed E-state index contributed by atoms with van der Waals surface area (Å²) in [5.41, 5.74) is 3.38. The molecule has 1 atom stereocenters. The Balaban J connectivity index is 1.62. The smallest absolute Gasteiger partial charge is 0.310 e. The number of fused-ring (bicyclic) bond motifs is 1. The average molecular weight is 413 g/mol. The van der Waals surface area contributed by atoms with Crippen molar-refractivity contribution in [2.45, 2.75) is 52.5 Å². The van der Waals surface area contributed by atoms with Crippen molar-refractivity contribution in [3.63, 3.8) is 0 Å². The standard InChI is InChI=1S/C23H32N4O3/c1-3-30-23(29)18-10-8-11-25(15-18)16-19-20(22(28)26-12-5-4-6-13-26)24-21-17(2)9-7-14-27(19)21/h7,9,14,18H,3-6,8,10-13,15-16H2,1-2H3/t18-/m0/s1. The van der Waals surface area contributed by atoms with Crippen LogP contribution < -0.4 is 0 Å². The fraction of sp³-hybridized carbons (Fsp3) is 0.609. The van der Waals surface area contributed by atoms with Crippen LogP contribution in [0.25, 0.3) is 5.65 Å². The Labute approximate surface area is 178 Å². The van der Waals surface area contributed by atoms with Gasteiger partial charge < -0.3 is 14.0 Å². The Morgan fingerprint density at radius 2 is 1.97 bits per heavy atom. The van der Waals surface area contributed by atoms with Crippen molar-refractivity contribution in [2.75, 3.05) is 32.8 Å². The van der Waals surface area contributed by atoms with Gasteiger partial charge in [-0.05, 0) is 64.1 Å². The zero-order valence-electron chi connectivity index (χ0n) is 18.1. The van der Waals surface area contributed by atoms with Crippen molar-refractivity contribution < 1.29 is 14.3 Å². The molecule has 1 amide bonds. The lowest BCUT2D eigenvalue weighted by molar-refractivity contribution is -0.150. The van der Waals surface area contributed by atoms with Gasteiger partial charge in [0.1, 0.15) is 5.65 Å². The summed E-state index contributed by atoms with van der Waals surface area (Å²) >= 11 is 0. The molecule has 0 bridgehead atoms. The summed E-state index contributed by atoms with van der Waals surface area (Å²) in [5.74, 6) is -0.173. The molecule has 7 nitrogen and oxygen atoms in total. The third kappa shape index (κ3) is 4.21. The molecular formula is C23H32N4O3. The molecule has 2 aromatic rings. The van der Waals surface area contributed by atoms with Crippen LogP contribution in [-0.4, -0.2) is 63.8 Å². The van der Waals surface area contributed by atoms with Crippen LogP contribution in [0.1, 0.15) is 60.8 Å². The van der Waals surface area contributed by atoms with E-state index in [1.54, 1.807) is 0 Å². The molecule has 2 aliphatic heterocycles. The number of imidazole rings is 1. The average Bonchev–Trinajstić information content (AvgIpc) is 3.14. The molecule has 0 aliphatic carbocycles. The summed E-state index contributed by atoms with van der Waals surface area (Å²) in [4.78, 5) is 34.6. The van der Waals surface area contributed by atoms with Crippen molar-refractivity contribution in [2.24, 2.45) is 5.92 Å². The van der Waals surface area contributed by atoms with Crippen LogP contribution in [-0.2, 0) is 16.1 Å². The van der Waals surface area contributed by atoms with E-state index in [0.29, 0.717) is 25.4 Å². The minimum Gasteiger partial charge on any atom is -0.466 e. The second kappa shape index (κ2) is 9.16. The van der Waals surface area contributed by atoms with Gasteiger partial charge >= 0.3 is 5.97 Å². The van der Waals surface area contributed by atoms with Gasteiger partial charge in [-0.3, -0.25) is 14.5 Å². The van der Waals surface area contributed by atoms with Gasteiger partial charge in [0.05, 0.1) is 18.2 Å². The number of esters is 1. The number of amides is 1. The molecule has 2 saturated heterocycles. The second-order valence-corrected chi connectivity index (χ2v) is 8.47. The van der Waals surface area contributed by atoms with E-state index in [4.69, 9.17) is 9.72 Å². The Bertz CT molecular complexity index is 917. The zero-order chi connectivity index (χ0) is 21.1. The number of aryl methyl sites for hydroxylation is 1. The summed E-state index contributed by atoms with van der Waals surface area (Å²) in [5, 5.41) is 0. The minimum absolute atomic E-state index is 0.0340. The quantitative estimate of drug-likeness (QED) is 0.706. The normalized spacial score (nSPS) is 20.5. The van der Waals surface area contributed by atoms with E-state index in [2.05, 4.69) is 9.30 Å². The predicted molar refractivity (Wildman–Crippen MR) is 114 cm³/mol. The van der Waals surface area contributed by atoms with Gasteiger partial charge in [-0.1, -0.05) is 6.07 Å². The SMILES string of the molecule is CCOC(=O)[C@H]1CCCN(Cc2c(C(=O)N3CCCCC3)nc3c(C)cccn23)C1. The fourth-order valence-electron chi connectivity index (χ4n) is 4.69. The van der Waals surface area contributed by atoms with Gasteiger partial charge in [0.15, 0.2) is 5.69 Å². The maximum Gasteiger partial charge on any atom is 0.310 e. The summed E-state index contributed by atoms with van der Waals surface area (Å²) in [6, 6.07) is 4.03. The largest absolute Gasteiger partial charge is 0.466 e. The van der Waals surface area contributed by atoms with Crippen molar-refractivity contribution in [3.8, 4) is 0 Å². The molecule has 7 heteroatoms. The summed E-state index contributed by atoms with van der Waals surface area (Å²) in [6.07, 6.45) is 7.10. The lowest BCUT2D eigenvalue weighted by Crippen LogP contribution is -2.40. The van der Waals surface area contributed by atoms with Gasteiger partial charge in [-0.15, -0.1) is 0 Å². The minimum atomic E-state index is -0.110. The Morgan fingerprint density at radius 3 is 2.73 bits per heavy atom. The zero-order valence-corrected chi connectivity index (χ0v) is 18.1. The van der Waals surface area contributed by atoms with Gasteiger partial charge in [0, 0.05) is 32.4 Å². The first-order valence-corrected chi connectivity index (χ1v) is 11.2. The summed E-state index contributed by atoms with van der Waals surface area (Å²) in [6.45, 7) is 8.07. The first kappa shape index (κ1) is 20.8. The van der Waals surface area contributed by atoms with Crippen LogP contribution in [0.4, 0.5) is 0 Å². The third-order valence-corrected chi connectivity index (χ3v) is 6.29. The molecule has 0 N–H and O–H groups in total. The molecule has 162 valence electrons. The van der Waals surface area contributed by atoms with E-state index in [1.807, 2.05) is 37.1 Å². The van der Waals surface area contributed by atoms with Gasteiger partial charge in [0.25, 0.3) is 5.91 Å². The number of ether oxygens (including phenoxy) is 1. The number of hydrogen-bond donors (Lipinski definition) is 0. The predicted octanol–water partition coefficient (Wildman–Crippen LogP) is 3.04. The molecule has 2 aromatic heterocycles. The fourth-order valence-corrected chi connectivity index (χ4v) is 4.69. The van der Waals surface area contributed by atoms with Crippen LogP contribution in [0.5, 0.6) is 0 Å². The van der Waals surface area contributed by atoms with Gasteiger partial charge in [-0.2, -0.15) is 0 Å². The Morgan fingerprint density at radius 1 is 1.17 bits per heavy atom. The van der Waals surface area contributed by atoms with Crippen LogP contribution >= 0.6 is 0 Å². The van der Waals surface area contributed by atoms with Gasteiger partial charge in [-0.25, -0.2) is 4.98 Å². The molecule has 0 unspecified atom stereocenters.